The second-order valence-corrected chi connectivity index (χ2v) is 3.86. The summed E-state index contributed by atoms with van der Waals surface area (Å²) in [6, 6.07) is 2.18. The van der Waals surface area contributed by atoms with Crippen LogP contribution in [0.3, 0.4) is 0 Å². The Morgan fingerprint density at radius 2 is 2.00 bits per heavy atom. The minimum absolute atomic E-state index is 0.0368. The lowest BCUT2D eigenvalue weighted by molar-refractivity contribution is -0.137. The molecule has 3 heterocycles. The van der Waals surface area contributed by atoms with Crippen molar-refractivity contribution in [2.75, 3.05) is 5.32 Å². The lowest BCUT2D eigenvalue weighted by Crippen LogP contribution is -2.17. The normalized spacial score (nSPS) is 13.7. The Labute approximate surface area is 103 Å². The molecule has 0 fully saturated rings. The van der Waals surface area contributed by atoms with E-state index < -0.39 is 11.7 Å². The van der Waals surface area contributed by atoms with E-state index in [2.05, 4.69) is 20.3 Å². The van der Waals surface area contributed by atoms with E-state index in [9.17, 15) is 13.2 Å². The van der Waals surface area contributed by atoms with Crippen LogP contribution < -0.4 is 5.32 Å². The highest BCUT2D eigenvalue weighted by Crippen LogP contribution is 2.36. The van der Waals surface area contributed by atoms with Gasteiger partial charge in [-0.25, -0.2) is 14.4 Å². The van der Waals surface area contributed by atoms with Crippen LogP contribution in [0.4, 0.5) is 24.9 Å². The highest BCUT2D eigenvalue weighted by molar-refractivity contribution is 7.71. The first-order chi connectivity index (χ1) is 8.47. The number of aromatic nitrogens is 3. The van der Waals surface area contributed by atoms with Crippen molar-refractivity contribution in [2.45, 2.75) is 6.18 Å². The van der Waals surface area contributed by atoms with Crippen LogP contribution in [0.15, 0.2) is 17.1 Å². The molecule has 0 amide bonds. The third-order valence-corrected chi connectivity index (χ3v) is 2.58. The summed E-state index contributed by atoms with van der Waals surface area (Å²) in [6.45, 7) is 0. The Balaban J connectivity index is 2.46. The van der Waals surface area contributed by atoms with E-state index in [1.807, 2.05) is 0 Å². The molecule has 0 saturated carbocycles. The van der Waals surface area contributed by atoms with Gasteiger partial charge in [-0.05, 0) is 24.4 Å². The van der Waals surface area contributed by atoms with Gasteiger partial charge >= 0.3 is 6.18 Å². The van der Waals surface area contributed by atoms with Gasteiger partial charge in [-0.2, -0.15) is 18.2 Å². The summed E-state index contributed by atoms with van der Waals surface area (Å²) < 4.78 is 39.7. The maximum Gasteiger partial charge on any atom is 0.419 e. The van der Waals surface area contributed by atoms with Crippen LogP contribution in [-0.2, 0) is 6.18 Å². The fourth-order valence-corrected chi connectivity index (χ4v) is 1.88. The zero-order valence-corrected chi connectivity index (χ0v) is 9.38. The molecule has 0 bridgehead atoms. The number of anilines is 1. The molecule has 2 aromatic heterocycles. The Morgan fingerprint density at radius 1 is 1.22 bits per heavy atom. The molecule has 1 N–H and O–H groups in total. The van der Waals surface area contributed by atoms with Gasteiger partial charge in [0.05, 0.1) is 11.9 Å². The number of hydrogen-bond donors (Lipinski definition) is 1. The topological polar surface area (TPSA) is 54.6 Å². The number of nitrogens with zero attached hydrogens (tertiary/aromatic N) is 4. The number of rotatable bonds is 0. The lowest BCUT2D eigenvalue weighted by Gasteiger charge is -2.18. The Hall–Kier alpha value is -2.03. The van der Waals surface area contributed by atoms with Gasteiger partial charge in [-0.1, -0.05) is 0 Å². The molecule has 9 heteroatoms. The molecule has 0 unspecified atom stereocenters. The summed E-state index contributed by atoms with van der Waals surface area (Å²) in [7, 11) is 0. The van der Waals surface area contributed by atoms with Crippen LogP contribution in [0.25, 0.3) is 5.65 Å². The maximum atomic E-state index is 12.8. The first-order valence-electron chi connectivity index (χ1n) is 4.77. The zero-order chi connectivity index (χ0) is 12.9. The number of pyridine rings is 1. The molecule has 0 aromatic carbocycles. The molecule has 1 aliphatic heterocycles. The van der Waals surface area contributed by atoms with Gasteiger partial charge in [-0.3, -0.25) is 0 Å². The molecule has 3 rings (SSSR count). The van der Waals surface area contributed by atoms with Crippen LogP contribution in [0.2, 0.25) is 0 Å². The van der Waals surface area contributed by atoms with Crippen LogP contribution in [0.1, 0.15) is 5.56 Å². The third kappa shape index (κ3) is 1.55. The van der Waals surface area contributed by atoms with E-state index in [1.165, 1.54) is 10.5 Å². The van der Waals surface area contributed by atoms with Gasteiger partial charge in [0.1, 0.15) is 11.5 Å². The predicted molar refractivity (Wildman–Crippen MR) is 60.6 cm³/mol. The smallest absolute Gasteiger partial charge is 0.331 e. The number of halogens is 3. The van der Waals surface area contributed by atoms with Gasteiger partial charge in [0, 0.05) is 0 Å². The molecule has 5 nitrogen and oxygen atoms in total. The summed E-state index contributed by atoms with van der Waals surface area (Å²) in [5.74, 6) is -0.0927. The molecular weight excluding hydrogens is 267 g/mol. The van der Waals surface area contributed by atoms with Gasteiger partial charge in [0.25, 0.3) is 0 Å². The minimum atomic E-state index is -4.47. The van der Waals surface area contributed by atoms with Crippen molar-refractivity contribution in [3.8, 4) is 0 Å². The molecule has 0 atom stereocenters. The largest absolute Gasteiger partial charge is 0.419 e. The standard InChI is InChI=1S/C9H4F3N5S/c10-9(11,12)4-1-2-5-15-8(18)16-7-14-3-13-6(4)17(5)7/h1-3H,(H,13,14,15,16,18). The van der Waals surface area contributed by atoms with Crippen molar-refractivity contribution in [3.05, 3.63) is 22.5 Å². The van der Waals surface area contributed by atoms with Crippen molar-refractivity contribution >= 4 is 36.0 Å². The van der Waals surface area contributed by atoms with Gasteiger partial charge in [0.15, 0.2) is 0 Å². The van der Waals surface area contributed by atoms with E-state index in [4.69, 9.17) is 12.2 Å². The number of nitrogens with one attached hydrogen (secondary N) is 1. The predicted octanol–water partition coefficient (Wildman–Crippen LogP) is 2.56. The quantitative estimate of drug-likeness (QED) is 0.748. The fraction of sp³-hybridized carbons (Fsp3) is 0.111. The summed E-state index contributed by atoms with van der Waals surface area (Å²) in [5.41, 5.74) is -0.550. The Bertz CT molecular complexity index is 733. The number of hydrogen-bond acceptors (Lipinski definition) is 5. The highest BCUT2D eigenvalue weighted by atomic mass is 32.1. The van der Waals surface area contributed by atoms with Crippen molar-refractivity contribution in [1.29, 1.82) is 0 Å². The fourth-order valence-electron chi connectivity index (χ4n) is 1.70. The molecular formula is C9H4F3N5S. The highest BCUT2D eigenvalue weighted by Gasteiger charge is 2.35. The molecule has 0 spiro atoms. The maximum absolute atomic E-state index is 12.8. The monoisotopic (exact) mass is 271 g/mol. The molecule has 18 heavy (non-hydrogen) atoms. The van der Waals surface area contributed by atoms with E-state index in [0.29, 0.717) is 0 Å². The van der Waals surface area contributed by atoms with E-state index in [0.717, 1.165) is 12.4 Å². The minimum Gasteiger partial charge on any atom is -0.331 e. The molecule has 0 aliphatic carbocycles. The molecule has 0 saturated heterocycles. The van der Waals surface area contributed by atoms with Crippen molar-refractivity contribution in [1.82, 2.24) is 14.4 Å². The lowest BCUT2D eigenvalue weighted by atomic mass is 10.2. The van der Waals surface area contributed by atoms with E-state index >= 15 is 0 Å². The average Bonchev–Trinajstić information content (AvgIpc) is 2.27. The summed E-state index contributed by atoms with van der Waals surface area (Å²) in [4.78, 5) is 11.5. The van der Waals surface area contributed by atoms with Crippen molar-refractivity contribution in [3.63, 3.8) is 0 Å². The van der Waals surface area contributed by atoms with Crippen LogP contribution in [0, 0.1) is 4.77 Å². The SMILES string of the molecule is FC(F)(F)c1ccc2nc(=S)nc3n2c1NC=N3. The second-order valence-electron chi connectivity index (χ2n) is 3.50. The number of alkyl halides is 3. The molecule has 92 valence electrons. The summed E-state index contributed by atoms with van der Waals surface area (Å²) >= 11 is 4.81. The summed E-state index contributed by atoms with van der Waals surface area (Å²) in [6.07, 6.45) is -3.33. The molecule has 0 radical (unpaired) electrons. The van der Waals surface area contributed by atoms with Crippen molar-refractivity contribution < 1.29 is 13.2 Å². The average molecular weight is 271 g/mol. The second kappa shape index (κ2) is 3.48. The van der Waals surface area contributed by atoms with Gasteiger partial charge < -0.3 is 5.32 Å². The summed E-state index contributed by atoms with van der Waals surface area (Å²) in [5, 5.41) is 2.46. The van der Waals surface area contributed by atoms with E-state index in [1.54, 1.807) is 0 Å². The van der Waals surface area contributed by atoms with Crippen molar-refractivity contribution in [2.24, 2.45) is 4.99 Å². The first kappa shape index (κ1) is 11.1. The van der Waals surface area contributed by atoms with E-state index in [-0.39, 0.29) is 22.2 Å². The Kier molecular flexibility index (Phi) is 2.14. The number of aliphatic imine (C=N–C) groups is 1. The third-order valence-electron chi connectivity index (χ3n) is 2.40. The van der Waals surface area contributed by atoms with Gasteiger partial charge in [0.2, 0.25) is 10.7 Å². The zero-order valence-electron chi connectivity index (χ0n) is 8.56. The van der Waals surface area contributed by atoms with Crippen LogP contribution in [0.5, 0.6) is 0 Å². The Morgan fingerprint density at radius 3 is 2.72 bits per heavy atom. The van der Waals surface area contributed by atoms with Gasteiger partial charge in [-0.15, -0.1) is 0 Å². The first-order valence-corrected chi connectivity index (χ1v) is 5.18. The van der Waals surface area contributed by atoms with Crippen LogP contribution >= 0.6 is 12.2 Å². The molecule has 1 aliphatic rings. The molecule has 2 aromatic rings. The van der Waals surface area contributed by atoms with Crippen LogP contribution in [-0.4, -0.2) is 20.7 Å².